The number of azo groups is 1. The molecule has 0 aromatic rings. The van der Waals surface area contributed by atoms with Crippen LogP contribution >= 0.6 is 0 Å². The molecule has 108 valence electrons. The molecule has 0 aliphatic heterocycles. The van der Waals surface area contributed by atoms with E-state index in [0.717, 1.165) is 0 Å². The Morgan fingerprint density at radius 1 is 0.950 bits per heavy atom. The molecule has 0 amide bonds. The lowest BCUT2D eigenvalue weighted by atomic mass is 9.97. The van der Waals surface area contributed by atoms with Gasteiger partial charge in [-0.2, -0.15) is 20.8 Å². The number of nitrogens with zero attached hydrogens (tertiary/aromatic N) is 4. The Hall–Kier alpha value is -2.48. The molecule has 0 rings (SSSR count). The fraction of sp³-hybridized carbons (Fsp3) is 0.667. The van der Waals surface area contributed by atoms with Crippen molar-refractivity contribution in [3.8, 4) is 12.1 Å². The molecule has 0 heterocycles. The molecule has 0 aliphatic rings. The zero-order chi connectivity index (χ0) is 15.8. The van der Waals surface area contributed by atoms with Crippen molar-refractivity contribution in [1.82, 2.24) is 0 Å². The van der Waals surface area contributed by atoms with Crippen LogP contribution in [0.4, 0.5) is 0 Å². The van der Waals surface area contributed by atoms with Crippen molar-refractivity contribution in [2.45, 2.75) is 50.6 Å². The second kappa shape index (κ2) is 7.19. The van der Waals surface area contributed by atoms with Crippen LogP contribution < -0.4 is 10.2 Å². The monoisotopic (exact) mass is 278 g/mol. The highest BCUT2D eigenvalue weighted by atomic mass is 16.4. The lowest BCUT2D eigenvalue weighted by Gasteiger charge is -2.19. The molecule has 0 aliphatic carbocycles. The van der Waals surface area contributed by atoms with Gasteiger partial charge in [0.2, 0.25) is 0 Å². The molecule has 0 saturated carbocycles. The molecule has 0 saturated heterocycles. The van der Waals surface area contributed by atoms with E-state index in [1.54, 1.807) is 12.1 Å². The first-order chi connectivity index (χ1) is 9.16. The van der Waals surface area contributed by atoms with Crippen LogP contribution in [0.1, 0.15) is 39.5 Å². The Morgan fingerprint density at radius 3 is 1.45 bits per heavy atom. The first kappa shape index (κ1) is 17.5. The van der Waals surface area contributed by atoms with Gasteiger partial charge in [-0.1, -0.05) is 0 Å². The van der Waals surface area contributed by atoms with Crippen LogP contribution in [-0.4, -0.2) is 23.0 Å². The SMILES string of the molecule is C[C@@](C#N)(CCC(=O)[O-])N=N[C@](C)(C#N)CCC(=O)[O-]. The number of carboxylic acids is 2. The highest BCUT2D eigenvalue weighted by molar-refractivity contribution is 5.64. The molecule has 0 unspecified atom stereocenters. The molecule has 8 heteroatoms. The summed E-state index contributed by atoms with van der Waals surface area (Å²) >= 11 is 0. The first-order valence-electron chi connectivity index (χ1n) is 5.83. The fourth-order valence-electron chi connectivity index (χ4n) is 1.17. The van der Waals surface area contributed by atoms with Crippen LogP contribution in [0.25, 0.3) is 0 Å². The Balaban J connectivity index is 4.92. The standard InChI is InChI=1S/C12H16N4O4/c1-11(7-13,5-3-9(17)18)15-16-12(2,8-14)6-4-10(19)20/h3-6H2,1-2H3,(H,17,18)(H,19,20)/p-2/t11-,12-/m0/s1. The molecule has 2 atom stereocenters. The van der Waals surface area contributed by atoms with Crippen LogP contribution in [0, 0.1) is 22.7 Å². The van der Waals surface area contributed by atoms with Gasteiger partial charge in [0.05, 0.1) is 12.1 Å². The van der Waals surface area contributed by atoms with Gasteiger partial charge in [0.1, 0.15) is 0 Å². The summed E-state index contributed by atoms with van der Waals surface area (Å²) < 4.78 is 0. The summed E-state index contributed by atoms with van der Waals surface area (Å²) in [5.74, 6) is -2.64. The van der Waals surface area contributed by atoms with E-state index < -0.39 is 23.0 Å². The lowest BCUT2D eigenvalue weighted by Crippen LogP contribution is -2.29. The van der Waals surface area contributed by atoms with Gasteiger partial charge in [-0.15, -0.1) is 0 Å². The van der Waals surface area contributed by atoms with Crippen molar-refractivity contribution in [2.75, 3.05) is 0 Å². The summed E-state index contributed by atoms with van der Waals surface area (Å²) in [7, 11) is 0. The molecular weight excluding hydrogens is 264 g/mol. The number of nitriles is 2. The summed E-state index contributed by atoms with van der Waals surface area (Å²) in [5.41, 5.74) is -2.81. The zero-order valence-corrected chi connectivity index (χ0v) is 11.3. The second-order valence-electron chi connectivity index (χ2n) is 4.72. The van der Waals surface area contributed by atoms with E-state index in [-0.39, 0.29) is 25.7 Å². The maximum atomic E-state index is 10.4. The van der Waals surface area contributed by atoms with Gasteiger partial charge in [-0.3, -0.25) is 0 Å². The van der Waals surface area contributed by atoms with Gasteiger partial charge in [-0.25, -0.2) is 0 Å². The highest BCUT2D eigenvalue weighted by Gasteiger charge is 2.28. The molecule has 0 aromatic heterocycles. The quantitative estimate of drug-likeness (QED) is 0.522. The van der Waals surface area contributed by atoms with Crippen molar-refractivity contribution in [1.29, 1.82) is 10.5 Å². The molecule has 20 heavy (non-hydrogen) atoms. The van der Waals surface area contributed by atoms with E-state index in [1.165, 1.54) is 13.8 Å². The number of hydrogen-bond acceptors (Lipinski definition) is 8. The second-order valence-corrected chi connectivity index (χ2v) is 4.72. The predicted molar refractivity (Wildman–Crippen MR) is 61.4 cm³/mol. The van der Waals surface area contributed by atoms with E-state index in [4.69, 9.17) is 10.5 Å². The summed E-state index contributed by atoms with van der Waals surface area (Å²) in [6, 6.07) is 3.61. The zero-order valence-electron chi connectivity index (χ0n) is 11.3. The average Bonchev–Trinajstić information content (AvgIpc) is 2.41. The lowest BCUT2D eigenvalue weighted by molar-refractivity contribution is -0.307. The largest absolute Gasteiger partial charge is 0.550 e. The van der Waals surface area contributed by atoms with Gasteiger partial charge in [0.25, 0.3) is 0 Å². The topological polar surface area (TPSA) is 153 Å². The average molecular weight is 278 g/mol. The van der Waals surface area contributed by atoms with Crippen molar-refractivity contribution >= 4 is 11.9 Å². The summed E-state index contributed by atoms with van der Waals surface area (Å²) in [6.45, 7) is 2.74. The number of aliphatic carboxylic acids is 2. The Labute approximate surface area is 116 Å². The van der Waals surface area contributed by atoms with Crippen LogP contribution in [0.3, 0.4) is 0 Å². The summed E-state index contributed by atoms with van der Waals surface area (Å²) in [6.07, 6.45) is -0.967. The third kappa shape index (κ3) is 6.45. The smallest absolute Gasteiger partial charge is 0.165 e. The van der Waals surface area contributed by atoms with Crippen molar-refractivity contribution < 1.29 is 19.8 Å². The molecule has 0 fully saturated rings. The number of rotatable bonds is 8. The third-order valence-corrected chi connectivity index (χ3v) is 2.60. The van der Waals surface area contributed by atoms with Crippen LogP contribution in [0.2, 0.25) is 0 Å². The van der Waals surface area contributed by atoms with Crippen LogP contribution in [0.15, 0.2) is 10.2 Å². The van der Waals surface area contributed by atoms with Gasteiger partial charge < -0.3 is 19.8 Å². The summed E-state index contributed by atoms with van der Waals surface area (Å²) in [5, 5.41) is 46.1. The van der Waals surface area contributed by atoms with Gasteiger partial charge in [0, 0.05) is 11.9 Å². The number of hydrogen-bond donors (Lipinski definition) is 0. The summed E-state index contributed by atoms with van der Waals surface area (Å²) in [4.78, 5) is 20.8. The number of carbonyl (C=O) groups excluding carboxylic acids is 2. The third-order valence-electron chi connectivity index (χ3n) is 2.60. The van der Waals surface area contributed by atoms with Crippen molar-refractivity contribution in [3.05, 3.63) is 0 Å². The fourth-order valence-corrected chi connectivity index (χ4v) is 1.17. The molecular formula is C12H14N4O4-2. The van der Waals surface area contributed by atoms with Crippen LogP contribution in [0.5, 0.6) is 0 Å². The molecule has 8 nitrogen and oxygen atoms in total. The van der Waals surface area contributed by atoms with Gasteiger partial charge in [-0.05, 0) is 39.5 Å². The maximum absolute atomic E-state index is 10.4. The van der Waals surface area contributed by atoms with Gasteiger partial charge >= 0.3 is 0 Å². The number of carbonyl (C=O) groups is 2. The Morgan fingerprint density at radius 2 is 1.25 bits per heavy atom. The maximum Gasteiger partial charge on any atom is 0.165 e. The first-order valence-corrected chi connectivity index (χ1v) is 5.83. The predicted octanol–water partition coefficient (Wildman–Crippen LogP) is -0.937. The van der Waals surface area contributed by atoms with E-state index in [0.29, 0.717) is 0 Å². The Bertz CT molecular complexity index is 447. The van der Waals surface area contributed by atoms with E-state index in [9.17, 15) is 19.8 Å². The van der Waals surface area contributed by atoms with Crippen molar-refractivity contribution in [2.24, 2.45) is 10.2 Å². The molecule has 0 N–H and O–H groups in total. The normalized spacial score (nSPS) is 16.6. The molecule has 0 radical (unpaired) electrons. The van der Waals surface area contributed by atoms with E-state index >= 15 is 0 Å². The van der Waals surface area contributed by atoms with E-state index in [1.807, 2.05) is 0 Å². The minimum Gasteiger partial charge on any atom is -0.550 e. The number of carboxylic acid groups (broad SMARTS) is 2. The highest BCUT2D eigenvalue weighted by Crippen LogP contribution is 2.23. The van der Waals surface area contributed by atoms with Crippen molar-refractivity contribution in [3.63, 3.8) is 0 Å². The Kier molecular flexibility index (Phi) is 6.30. The minimum absolute atomic E-state index is 0.114. The molecule has 0 aromatic carbocycles. The minimum atomic E-state index is -1.40. The van der Waals surface area contributed by atoms with E-state index in [2.05, 4.69) is 10.2 Å². The van der Waals surface area contributed by atoms with Crippen LogP contribution in [-0.2, 0) is 9.59 Å². The van der Waals surface area contributed by atoms with Gasteiger partial charge in [0.15, 0.2) is 11.1 Å². The molecule has 0 spiro atoms. The molecule has 0 bridgehead atoms.